The number of hydrogen-bond donors (Lipinski definition) is 2. The van der Waals surface area contributed by atoms with E-state index in [0.717, 1.165) is 22.7 Å². The minimum Gasteiger partial charge on any atom is -0.360 e. The Morgan fingerprint density at radius 3 is 2.69 bits per heavy atom. The summed E-state index contributed by atoms with van der Waals surface area (Å²) in [4.78, 5) is 26.4. The maximum absolute atomic E-state index is 12.0. The van der Waals surface area contributed by atoms with Crippen molar-refractivity contribution >= 4 is 40.9 Å². The van der Waals surface area contributed by atoms with Crippen LogP contribution in [0, 0.1) is 0 Å². The number of carbonyl (C=O) groups excluding carboxylic acids is 2. The van der Waals surface area contributed by atoms with Gasteiger partial charge >= 0.3 is 0 Å². The van der Waals surface area contributed by atoms with Crippen LogP contribution in [0.3, 0.4) is 0 Å². The van der Waals surface area contributed by atoms with E-state index >= 15 is 0 Å². The van der Waals surface area contributed by atoms with E-state index in [1.165, 1.54) is 11.8 Å². The number of nitrogens with zero attached hydrogens (tertiary/aromatic N) is 1. The Morgan fingerprint density at radius 1 is 1.19 bits per heavy atom. The summed E-state index contributed by atoms with van der Waals surface area (Å²) in [6, 6.07) is 15.4. The average Bonchev–Trinajstić information content (AvgIpc) is 2.66. The monoisotopic (exact) mass is 389 g/mol. The fourth-order valence-corrected chi connectivity index (χ4v) is 3.71. The van der Waals surface area contributed by atoms with Crippen LogP contribution in [-0.4, -0.2) is 37.2 Å². The summed E-state index contributed by atoms with van der Waals surface area (Å²) >= 11 is 7.51. The van der Waals surface area contributed by atoms with Crippen LogP contribution in [0.15, 0.2) is 53.4 Å². The molecule has 1 aliphatic heterocycles. The fraction of sp³-hybridized carbons (Fsp3) is 0.263. The van der Waals surface area contributed by atoms with Gasteiger partial charge < -0.3 is 15.5 Å². The minimum absolute atomic E-state index is 0.0355. The van der Waals surface area contributed by atoms with Crippen LogP contribution in [0.5, 0.6) is 0 Å². The minimum atomic E-state index is -0.0355. The summed E-state index contributed by atoms with van der Waals surface area (Å²) in [5.41, 5.74) is 2.04. The largest absolute Gasteiger partial charge is 0.360 e. The molecule has 2 aromatic rings. The highest BCUT2D eigenvalue weighted by atomic mass is 35.5. The second-order valence-electron chi connectivity index (χ2n) is 5.93. The number of halogens is 1. The van der Waals surface area contributed by atoms with Crippen molar-refractivity contribution in [2.45, 2.75) is 11.4 Å². The second-order valence-corrected chi connectivity index (χ2v) is 7.36. The summed E-state index contributed by atoms with van der Waals surface area (Å²) in [5, 5.41) is 6.39. The lowest BCUT2D eigenvalue weighted by molar-refractivity contribution is -0.120. The summed E-state index contributed by atoms with van der Waals surface area (Å²) in [5.74, 6) is 0.334. The van der Waals surface area contributed by atoms with Gasteiger partial charge in [-0.05, 0) is 29.8 Å². The highest BCUT2D eigenvalue weighted by molar-refractivity contribution is 8.00. The van der Waals surface area contributed by atoms with Gasteiger partial charge in [-0.15, -0.1) is 11.8 Å². The Morgan fingerprint density at radius 2 is 1.96 bits per heavy atom. The number of benzene rings is 2. The van der Waals surface area contributed by atoms with Crippen LogP contribution < -0.4 is 15.5 Å². The smallest absolute Gasteiger partial charge is 0.239 e. The van der Waals surface area contributed by atoms with Gasteiger partial charge in [-0.3, -0.25) is 9.59 Å². The predicted molar refractivity (Wildman–Crippen MR) is 106 cm³/mol. The lowest BCUT2D eigenvalue weighted by Gasteiger charge is -2.28. The highest BCUT2D eigenvalue weighted by Gasteiger charge is 2.16. The van der Waals surface area contributed by atoms with Gasteiger partial charge in [0, 0.05) is 30.2 Å². The van der Waals surface area contributed by atoms with Crippen molar-refractivity contribution in [3.05, 3.63) is 59.1 Å². The Balaban J connectivity index is 1.46. The maximum atomic E-state index is 12.0. The number of rotatable bonds is 6. The van der Waals surface area contributed by atoms with Gasteiger partial charge in [0.15, 0.2) is 0 Å². The fourth-order valence-electron chi connectivity index (χ4n) is 2.64. The number of piperazine rings is 1. The van der Waals surface area contributed by atoms with Crippen LogP contribution in [0.4, 0.5) is 5.69 Å². The molecular weight excluding hydrogens is 370 g/mol. The molecule has 136 valence electrons. The molecule has 0 atom stereocenters. The van der Waals surface area contributed by atoms with E-state index in [1.54, 1.807) is 0 Å². The van der Waals surface area contributed by atoms with Crippen molar-refractivity contribution in [2.24, 2.45) is 0 Å². The molecule has 1 heterocycles. The van der Waals surface area contributed by atoms with Gasteiger partial charge in [-0.1, -0.05) is 35.9 Å². The molecule has 2 N–H and O–H groups in total. The molecule has 0 aliphatic carbocycles. The molecule has 7 heteroatoms. The van der Waals surface area contributed by atoms with E-state index in [1.807, 2.05) is 53.4 Å². The number of thioether (sulfide) groups is 1. The Hall–Kier alpha value is -2.18. The first kappa shape index (κ1) is 18.6. The third kappa shape index (κ3) is 5.16. The summed E-state index contributed by atoms with van der Waals surface area (Å²) in [7, 11) is 0. The van der Waals surface area contributed by atoms with Crippen molar-refractivity contribution in [2.75, 3.05) is 30.3 Å². The van der Waals surface area contributed by atoms with Gasteiger partial charge in [0.25, 0.3) is 0 Å². The molecule has 1 aliphatic rings. The standard InChI is InChI=1S/C19H20ClN3O2S/c20-16-3-1-2-4-17(16)26-13-19(25)22-11-14-5-7-15(8-6-14)23-10-9-21-18(24)12-23/h1-8H,9-13H2,(H,21,24)(H,22,25). The molecule has 0 spiro atoms. The molecule has 2 aromatic carbocycles. The Bertz CT molecular complexity index is 783. The molecule has 0 radical (unpaired) electrons. The Kier molecular flexibility index (Phi) is 6.41. The van der Waals surface area contributed by atoms with Crippen LogP contribution in [0.1, 0.15) is 5.56 Å². The zero-order valence-electron chi connectivity index (χ0n) is 14.2. The highest BCUT2D eigenvalue weighted by Crippen LogP contribution is 2.26. The van der Waals surface area contributed by atoms with E-state index in [-0.39, 0.29) is 11.8 Å². The third-order valence-electron chi connectivity index (χ3n) is 4.02. The van der Waals surface area contributed by atoms with Crippen LogP contribution in [-0.2, 0) is 16.1 Å². The first-order valence-corrected chi connectivity index (χ1v) is 9.73. The number of anilines is 1. The van der Waals surface area contributed by atoms with Gasteiger partial charge in [0.2, 0.25) is 11.8 Å². The molecule has 1 saturated heterocycles. The first-order valence-electron chi connectivity index (χ1n) is 8.36. The van der Waals surface area contributed by atoms with E-state index in [4.69, 9.17) is 11.6 Å². The van der Waals surface area contributed by atoms with E-state index in [2.05, 4.69) is 10.6 Å². The lowest BCUT2D eigenvalue weighted by atomic mass is 10.2. The van der Waals surface area contributed by atoms with Crippen molar-refractivity contribution in [1.29, 1.82) is 0 Å². The van der Waals surface area contributed by atoms with Crippen molar-refractivity contribution in [3.8, 4) is 0 Å². The zero-order chi connectivity index (χ0) is 18.4. The van der Waals surface area contributed by atoms with Gasteiger partial charge in [-0.25, -0.2) is 0 Å². The third-order valence-corrected chi connectivity index (χ3v) is 5.54. The van der Waals surface area contributed by atoms with E-state index < -0.39 is 0 Å². The molecule has 3 rings (SSSR count). The molecule has 5 nitrogen and oxygen atoms in total. The van der Waals surface area contributed by atoms with Crippen LogP contribution in [0.2, 0.25) is 5.02 Å². The summed E-state index contributed by atoms with van der Waals surface area (Å²) in [6.07, 6.45) is 0. The molecule has 0 aromatic heterocycles. The van der Waals surface area contributed by atoms with Gasteiger partial charge in [0.1, 0.15) is 0 Å². The zero-order valence-corrected chi connectivity index (χ0v) is 15.8. The molecule has 26 heavy (non-hydrogen) atoms. The average molecular weight is 390 g/mol. The molecule has 2 amide bonds. The second kappa shape index (κ2) is 8.96. The van der Waals surface area contributed by atoms with Gasteiger partial charge in [0.05, 0.1) is 17.3 Å². The number of amides is 2. The molecule has 1 fully saturated rings. The maximum Gasteiger partial charge on any atom is 0.239 e. The predicted octanol–water partition coefficient (Wildman–Crippen LogP) is 2.68. The quantitative estimate of drug-likeness (QED) is 0.746. The van der Waals surface area contributed by atoms with Crippen molar-refractivity contribution in [1.82, 2.24) is 10.6 Å². The number of carbonyl (C=O) groups is 2. The first-order chi connectivity index (χ1) is 12.6. The van der Waals surface area contributed by atoms with Crippen molar-refractivity contribution < 1.29 is 9.59 Å². The molecule has 0 bridgehead atoms. The summed E-state index contributed by atoms with van der Waals surface area (Å²) in [6.45, 7) is 2.33. The topological polar surface area (TPSA) is 61.4 Å². The van der Waals surface area contributed by atoms with E-state index in [9.17, 15) is 9.59 Å². The number of nitrogens with one attached hydrogen (secondary N) is 2. The molecule has 0 unspecified atom stereocenters. The van der Waals surface area contributed by atoms with Crippen molar-refractivity contribution in [3.63, 3.8) is 0 Å². The lowest BCUT2D eigenvalue weighted by Crippen LogP contribution is -2.47. The summed E-state index contributed by atoms with van der Waals surface area (Å²) < 4.78 is 0. The SMILES string of the molecule is O=C(CSc1ccccc1Cl)NCc1ccc(N2CCNC(=O)C2)cc1. The molecular formula is C19H20ClN3O2S. The Labute approximate surface area is 162 Å². The molecule has 0 saturated carbocycles. The van der Waals surface area contributed by atoms with E-state index in [0.29, 0.717) is 30.4 Å². The van der Waals surface area contributed by atoms with Gasteiger partial charge in [-0.2, -0.15) is 0 Å². The normalized spacial score (nSPS) is 14.0. The van der Waals surface area contributed by atoms with Crippen LogP contribution >= 0.6 is 23.4 Å². The number of hydrogen-bond acceptors (Lipinski definition) is 4. The van der Waals surface area contributed by atoms with Crippen LogP contribution in [0.25, 0.3) is 0 Å².